The van der Waals surface area contributed by atoms with Crippen molar-refractivity contribution in [1.82, 2.24) is 29.6 Å². The van der Waals surface area contributed by atoms with Gasteiger partial charge in [0.2, 0.25) is 5.91 Å². The molecule has 2 aromatic heterocycles. The Kier molecular flexibility index (Phi) is 4.80. The zero-order chi connectivity index (χ0) is 20.3. The van der Waals surface area contributed by atoms with Crippen LogP contribution in [0.15, 0.2) is 67.5 Å². The number of hydrogen-bond donors (Lipinski definition) is 0. The molecule has 0 N–H and O–H groups in total. The molecule has 5 rings (SSSR count). The Bertz CT molecular complexity index is 1160. The molecule has 1 fully saturated rings. The van der Waals surface area contributed by atoms with Gasteiger partial charge in [-0.05, 0) is 16.3 Å². The molecule has 3 heterocycles. The number of rotatable bonds is 4. The summed E-state index contributed by atoms with van der Waals surface area (Å²) < 4.78 is 1.61. The van der Waals surface area contributed by atoms with Crippen LogP contribution in [0.25, 0.3) is 16.6 Å². The molecule has 0 bridgehead atoms. The van der Waals surface area contributed by atoms with E-state index in [4.69, 9.17) is 0 Å². The van der Waals surface area contributed by atoms with Crippen molar-refractivity contribution >= 4 is 22.5 Å². The van der Waals surface area contributed by atoms with Gasteiger partial charge in [-0.2, -0.15) is 5.10 Å². The van der Waals surface area contributed by atoms with Crippen LogP contribution >= 0.6 is 0 Å². The maximum absolute atomic E-state index is 12.9. The van der Waals surface area contributed by atoms with Gasteiger partial charge in [0.25, 0.3) is 0 Å². The molecule has 0 saturated carbocycles. The van der Waals surface area contributed by atoms with E-state index in [1.54, 1.807) is 11.0 Å². The summed E-state index contributed by atoms with van der Waals surface area (Å²) in [5, 5.41) is 6.43. The predicted octanol–water partition coefficient (Wildman–Crippen LogP) is 2.10. The maximum atomic E-state index is 12.9. The van der Waals surface area contributed by atoms with Gasteiger partial charge in [0.05, 0.1) is 6.42 Å². The van der Waals surface area contributed by atoms with E-state index in [-0.39, 0.29) is 5.91 Å². The Morgan fingerprint density at radius 3 is 2.53 bits per heavy atom. The molecule has 30 heavy (non-hydrogen) atoms. The lowest BCUT2D eigenvalue weighted by Crippen LogP contribution is -2.49. The summed E-state index contributed by atoms with van der Waals surface area (Å²) in [7, 11) is 0. The third kappa shape index (κ3) is 3.59. The lowest BCUT2D eigenvalue weighted by Gasteiger charge is -2.35. The molecule has 0 unspecified atom stereocenters. The van der Waals surface area contributed by atoms with Crippen molar-refractivity contribution < 1.29 is 4.79 Å². The first kappa shape index (κ1) is 18.2. The van der Waals surface area contributed by atoms with Crippen LogP contribution < -0.4 is 4.90 Å². The van der Waals surface area contributed by atoms with Gasteiger partial charge >= 0.3 is 0 Å². The molecule has 0 radical (unpaired) electrons. The van der Waals surface area contributed by atoms with E-state index >= 15 is 0 Å². The quantitative estimate of drug-likeness (QED) is 0.523. The average Bonchev–Trinajstić information content (AvgIpc) is 3.35. The first-order valence-corrected chi connectivity index (χ1v) is 9.94. The Labute approximate surface area is 173 Å². The van der Waals surface area contributed by atoms with Crippen LogP contribution in [-0.2, 0) is 11.2 Å². The Morgan fingerprint density at radius 1 is 0.900 bits per heavy atom. The van der Waals surface area contributed by atoms with E-state index in [1.165, 1.54) is 18.0 Å². The zero-order valence-corrected chi connectivity index (χ0v) is 16.4. The van der Waals surface area contributed by atoms with Gasteiger partial charge in [0, 0.05) is 32.2 Å². The van der Waals surface area contributed by atoms with Crippen molar-refractivity contribution in [1.29, 1.82) is 0 Å². The lowest BCUT2D eigenvalue weighted by molar-refractivity contribution is -0.130. The molecule has 0 atom stereocenters. The first-order valence-electron chi connectivity index (χ1n) is 9.94. The first-order chi connectivity index (χ1) is 14.8. The molecule has 0 aliphatic carbocycles. The molecule has 8 nitrogen and oxygen atoms in total. The summed E-state index contributed by atoms with van der Waals surface area (Å²) >= 11 is 0. The van der Waals surface area contributed by atoms with Gasteiger partial charge in [0.1, 0.15) is 24.8 Å². The van der Waals surface area contributed by atoms with Crippen LogP contribution in [0.5, 0.6) is 0 Å². The van der Waals surface area contributed by atoms with Gasteiger partial charge in [-0.3, -0.25) is 4.79 Å². The van der Waals surface area contributed by atoms with E-state index in [0.717, 1.165) is 29.9 Å². The average molecular weight is 399 g/mol. The van der Waals surface area contributed by atoms with Crippen molar-refractivity contribution in [3.63, 3.8) is 0 Å². The summed E-state index contributed by atoms with van der Waals surface area (Å²) in [4.78, 5) is 29.6. The molecule has 8 heteroatoms. The minimum Gasteiger partial charge on any atom is -0.353 e. The fourth-order valence-corrected chi connectivity index (χ4v) is 3.87. The number of piperazine rings is 1. The fourth-order valence-electron chi connectivity index (χ4n) is 3.87. The van der Waals surface area contributed by atoms with Crippen molar-refractivity contribution in [2.45, 2.75) is 6.42 Å². The summed E-state index contributed by atoms with van der Waals surface area (Å²) in [6, 6.07) is 16.2. The zero-order valence-electron chi connectivity index (χ0n) is 16.4. The highest BCUT2D eigenvalue weighted by atomic mass is 16.2. The van der Waals surface area contributed by atoms with Gasteiger partial charge in [0.15, 0.2) is 5.82 Å². The van der Waals surface area contributed by atoms with Crippen molar-refractivity contribution in [3.8, 4) is 5.82 Å². The molecule has 2 aromatic carbocycles. The van der Waals surface area contributed by atoms with Gasteiger partial charge in [-0.15, -0.1) is 0 Å². The summed E-state index contributed by atoms with van der Waals surface area (Å²) in [5.74, 6) is 1.67. The summed E-state index contributed by atoms with van der Waals surface area (Å²) in [5.41, 5.74) is 1.08. The second kappa shape index (κ2) is 7.90. The number of benzene rings is 2. The topological polar surface area (TPSA) is 80.0 Å². The minimum atomic E-state index is 0.164. The molecule has 4 aromatic rings. The van der Waals surface area contributed by atoms with E-state index in [1.807, 2.05) is 35.2 Å². The van der Waals surface area contributed by atoms with Crippen LogP contribution in [0.2, 0.25) is 0 Å². The molecule has 1 aliphatic rings. The summed E-state index contributed by atoms with van der Waals surface area (Å²) in [6.07, 6.45) is 5.04. The highest BCUT2D eigenvalue weighted by Crippen LogP contribution is 2.20. The van der Waals surface area contributed by atoms with E-state index in [0.29, 0.717) is 25.3 Å². The number of anilines is 1. The molecule has 1 amide bonds. The largest absolute Gasteiger partial charge is 0.353 e. The smallest absolute Gasteiger partial charge is 0.227 e. The van der Waals surface area contributed by atoms with Crippen LogP contribution in [0.1, 0.15) is 5.56 Å². The highest BCUT2D eigenvalue weighted by molar-refractivity contribution is 5.90. The molecule has 1 aliphatic heterocycles. The molecular weight excluding hydrogens is 378 g/mol. The Morgan fingerprint density at radius 2 is 1.70 bits per heavy atom. The van der Waals surface area contributed by atoms with E-state index in [9.17, 15) is 4.79 Å². The number of aromatic nitrogens is 5. The predicted molar refractivity (Wildman–Crippen MR) is 113 cm³/mol. The van der Waals surface area contributed by atoms with Crippen molar-refractivity contribution in [2.24, 2.45) is 0 Å². The molecular formula is C22H21N7O. The number of carbonyl (C=O) groups excluding carboxylic acids is 1. The number of carbonyl (C=O) groups is 1. The monoisotopic (exact) mass is 399 g/mol. The summed E-state index contributed by atoms with van der Waals surface area (Å²) in [6.45, 7) is 2.81. The SMILES string of the molecule is O=C(Cc1cccc2ccccc12)N1CCN(c2cc(-n3cncn3)ncn2)CC1. The van der Waals surface area contributed by atoms with Gasteiger partial charge in [-0.25, -0.2) is 19.6 Å². The normalized spacial score (nSPS) is 14.3. The standard InChI is InChI=1S/C22H21N7O/c30-22(12-18-6-3-5-17-4-1-2-7-19(17)18)28-10-8-27(9-11-28)20-13-21(25-15-24-20)29-16-23-14-26-29/h1-7,13-16H,8-12H2. The van der Waals surface area contributed by atoms with Crippen LogP contribution in [-0.4, -0.2) is 61.7 Å². The third-order valence-corrected chi connectivity index (χ3v) is 5.47. The minimum absolute atomic E-state index is 0.164. The number of hydrogen-bond acceptors (Lipinski definition) is 6. The van der Waals surface area contributed by atoms with Gasteiger partial charge < -0.3 is 9.80 Å². The van der Waals surface area contributed by atoms with Crippen molar-refractivity contribution in [3.05, 3.63) is 73.1 Å². The van der Waals surface area contributed by atoms with Crippen molar-refractivity contribution in [2.75, 3.05) is 31.1 Å². The lowest BCUT2D eigenvalue weighted by atomic mass is 10.0. The maximum Gasteiger partial charge on any atom is 0.227 e. The van der Waals surface area contributed by atoms with Crippen LogP contribution in [0, 0.1) is 0 Å². The van der Waals surface area contributed by atoms with Crippen LogP contribution in [0.4, 0.5) is 5.82 Å². The number of fused-ring (bicyclic) bond motifs is 1. The number of amides is 1. The highest BCUT2D eigenvalue weighted by Gasteiger charge is 2.22. The second-order valence-corrected chi connectivity index (χ2v) is 7.26. The Balaban J connectivity index is 1.25. The fraction of sp³-hybridized carbons (Fsp3) is 0.227. The Hall–Kier alpha value is -3.81. The number of nitrogens with zero attached hydrogens (tertiary/aromatic N) is 7. The molecule has 0 spiro atoms. The van der Waals surface area contributed by atoms with Gasteiger partial charge in [-0.1, -0.05) is 42.5 Å². The third-order valence-electron chi connectivity index (χ3n) is 5.47. The van der Waals surface area contributed by atoms with E-state index < -0.39 is 0 Å². The van der Waals surface area contributed by atoms with E-state index in [2.05, 4.69) is 43.1 Å². The second-order valence-electron chi connectivity index (χ2n) is 7.26. The van der Waals surface area contributed by atoms with Crippen LogP contribution in [0.3, 0.4) is 0 Å². The molecule has 1 saturated heterocycles. The molecule has 150 valence electrons.